The Labute approximate surface area is 251 Å². The molecule has 2 aromatic heterocycles. The third-order valence-electron chi connectivity index (χ3n) is 7.69. The van der Waals surface area contributed by atoms with Crippen LogP contribution in [0.15, 0.2) is 52.0 Å². The molecule has 42 heavy (non-hydrogen) atoms. The first kappa shape index (κ1) is 29.8. The van der Waals surface area contributed by atoms with Gasteiger partial charge in [-0.05, 0) is 62.6 Å². The van der Waals surface area contributed by atoms with E-state index < -0.39 is 0 Å². The highest BCUT2D eigenvalue weighted by molar-refractivity contribution is 7.98. The van der Waals surface area contributed by atoms with Gasteiger partial charge in [0.25, 0.3) is 5.91 Å². The van der Waals surface area contributed by atoms with E-state index in [1.54, 1.807) is 25.0 Å². The topological polar surface area (TPSA) is 101 Å². The molecule has 1 amide bonds. The van der Waals surface area contributed by atoms with Crippen LogP contribution in [0.2, 0.25) is 0 Å². The summed E-state index contributed by atoms with van der Waals surface area (Å²) < 4.78 is 16.4. The van der Waals surface area contributed by atoms with E-state index in [0.717, 1.165) is 62.7 Å². The van der Waals surface area contributed by atoms with Gasteiger partial charge in [-0.25, -0.2) is 9.97 Å². The first-order chi connectivity index (χ1) is 20.5. The molecular weight excluding hydrogens is 554 g/mol. The summed E-state index contributed by atoms with van der Waals surface area (Å²) in [6.45, 7) is 8.74. The maximum Gasteiger partial charge on any atom is 0.310 e. The minimum atomic E-state index is -0.282. The van der Waals surface area contributed by atoms with Crippen molar-refractivity contribution in [3.05, 3.63) is 59.7 Å². The van der Waals surface area contributed by atoms with Gasteiger partial charge in [0.15, 0.2) is 10.9 Å². The third-order valence-corrected chi connectivity index (χ3v) is 8.56. The molecule has 10 nitrogen and oxygen atoms in total. The molecule has 4 heterocycles. The van der Waals surface area contributed by atoms with Crippen LogP contribution in [-0.4, -0.2) is 79.7 Å². The van der Waals surface area contributed by atoms with Crippen molar-refractivity contribution < 1.29 is 23.5 Å². The number of carbonyl (C=O) groups excluding carboxylic acids is 2. The number of rotatable bonds is 10. The number of anilines is 2. The molecule has 2 aliphatic rings. The molecule has 0 bridgehead atoms. The molecule has 2 saturated heterocycles. The lowest BCUT2D eigenvalue weighted by atomic mass is 9.98. The van der Waals surface area contributed by atoms with E-state index in [4.69, 9.17) is 23.9 Å². The maximum atomic E-state index is 13.1. The van der Waals surface area contributed by atoms with Gasteiger partial charge in [-0.3, -0.25) is 9.59 Å². The predicted octanol–water partition coefficient (Wildman–Crippen LogP) is 4.67. The number of benzene rings is 1. The number of hydrogen-bond donors (Lipinski definition) is 0. The van der Waals surface area contributed by atoms with Crippen LogP contribution in [0, 0.1) is 5.92 Å². The Bertz CT molecular complexity index is 1360. The molecule has 0 radical (unpaired) electrons. The molecule has 1 aromatic carbocycles. The molecular formula is C31H39N5O5S. The zero-order chi connectivity index (χ0) is 29.5. The van der Waals surface area contributed by atoms with Crippen molar-refractivity contribution in [3.63, 3.8) is 0 Å². The van der Waals surface area contributed by atoms with Crippen molar-refractivity contribution in [2.45, 2.75) is 44.0 Å². The van der Waals surface area contributed by atoms with Crippen LogP contribution in [0.3, 0.4) is 0 Å². The largest absolute Gasteiger partial charge is 0.497 e. The van der Waals surface area contributed by atoms with Gasteiger partial charge in [-0.2, -0.15) is 0 Å². The monoisotopic (exact) mass is 593 g/mol. The molecule has 224 valence electrons. The van der Waals surface area contributed by atoms with Crippen molar-refractivity contribution in [2.75, 3.05) is 62.8 Å². The molecule has 0 spiro atoms. The number of thioether (sulfide) groups is 1. The van der Waals surface area contributed by atoms with Crippen LogP contribution in [0.1, 0.15) is 48.7 Å². The van der Waals surface area contributed by atoms with Crippen LogP contribution in [0.4, 0.5) is 11.5 Å². The smallest absolute Gasteiger partial charge is 0.310 e. The van der Waals surface area contributed by atoms with E-state index in [-0.39, 0.29) is 23.6 Å². The predicted molar refractivity (Wildman–Crippen MR) is 162 cm³/mol. The summed E-state index contributed by atoms with van der Waals surface area (Å²) in [6.07, 6.45) is 2.32. The van der Waals surface area contributed by atoms with Crippen LogP contribution >= 0.6 is 11.8 Å². The molecule has 0 aliphatic carbocycles. The van der Waals surface area contributed by atoms with Gasteiger partial charge in [0.05, 0.1) is 25.4 Å². The first-order valence-electron chi connectivity index (χ1n) is 14.7. The third kappa shape index (κ3) is 7.18. The van der Waals surface area contributed by atoms with Gasteiger partial charge in [-0.15, -0.1) is 0 Å². The normalized spacial score (nSPS) is 17.3. The summed E-state index contributed by atoms with van der Waals surface area (Å²) in [6, 6.07) is 13.8. The highest BCUT2D eigenvalue weighted by Gasteiger charge is 2.31. The summed E-state index contributed by atoms with van der Waals surface area (Å²) in [4.78, 5) is 41.3. The van der Waals surface area contributed by atoms with Gasteiger partial charge >= 0.3 is 5.97 Å². The summed E-state index contributed by atoms with van der Waals surface area (Å²) in [5, 5.41) is 0.694. The Morgan fingerprint density at radius 1 is 1.00 bits per heavy atom. The van der Waals surface area contributed by atoms with Crippen molar-refractivity contribution in [3.8, 4) is 5.75 Å². The second kappa shape index (κ2) is 14.0. The molecule has 2 aliphatic heterocycles. The fourth-order valence-electron chi connectivity index (χ4n) is 5.33. The lowest BCUT2D eigenvalue weighted by Gasteiger charge is -2.37. The van der Waals surface area contributed by atoms with Crippen molar-refractivity contribution >= 4 is 35.1 Å². The van der Waals surface area contributed by atoms with E-state index in [1.807, 2.05) is 18.2 Å². The number of carbonyl (C=O) groups is 2. The number of amides is 1. The standard InChI is InChI=1S/C31H39N5O5S/c1-4-23-19-28(35-17-15-34(16-18-35)24-8-10-25(39-3)11-9-24)33-31(32-23)42-21-26-12-13-27(41-26)29(37)36-14-6-7-22(20-36)30(38)40-5-2/h8-13,19,22H,4-7,14-18,20-21H2,1-3H3. The number of methoxy groups -OCH3 is 1. The van der Waals surface area contributed by atoms with Crippen LogP contribution in [0.5, 0.6) is 5.75 Å². The second-order valence-electron chi connectivity index (χ2n) is 10.4. The number of aryl methyl sites for hydroxylation is 1. The summed E-state index contributed by atoms with van der Waals surface area (Å²) in [7, 11) is 1.68. The number of ether oxygens (including phenoxy) is 2. The number of piperazine rings is 1. The lowest BCUT2D eigenvalue weighted by molar-refractivity contribution is -0.149. The summed E-state index contributed by atoms with van der Waals surface area (Å²) in [5.74, 6) is 2.57. The maximum absolute atomic E-state index is 13.1. The molecule has 0 saturated carbocycles. The van der Waals surface area contributed by atoms with Crippen LogP contribution in [-0.2, 0) is 21.7 Å². The molecule has 5 rings (SSSR count). The van der Waals surface area contributed by atoms with Crippen molar-refractivity contribution in [2.24, 2.45) is 5.92 Å². The molecule has 0 N–H and O–H groups in total. The van der Waals surface area contributed by atoms with Crippen molar-refractivity contribution in [1.29, 1.82) is 0 Å². The number of esters is 1. The van der Waals surface area contributed by atoms with E-state index in [1.165, 1.54) is 17.4 Å². The number of piperidine rings is 1. The van der Waals surface area contributed by atoms with Gasteiger partial charge < -0.3 is 28.6 Å². The van der Waals surface area contributed by atoms with Crippen molar-refractivity contribution in [1.82, 2.24) is 14.9 Å². The fourth-order valence-corrected chi connectivity index (χ4v) is 6.10. The first-order valence-corrected chi connectivity index (χ1v) is 15.6. The Kier molecular flexibility index (Phi) is 9.89. The SMILES string of the molecule is CCOC(=O)C1CCCN(C(=O)c2ccc(CSc3nc(CC)cc(N4CCN(c5ccc(OC)cc5)CC4)n3)o2)C1. The molecule has 3 aromatic rings. The van der Waals surface area contributed by atoms with E-state index in [0.29, 0.717) is 36.4 Å². The van der Waals surface area contributed by atoms with Gasteiger partial charge in [0.2, 0.25) is 0 Å². The molecule has 2 fully saturated rings. The van der Waals surface area contributed by atoms with Gasteiger partial charge in [-0.1, -0.05) is 18.7 Å². The Morgan fingerprint density at radius 3 is 2.48 bits per heavy atom. The molecule has 1 atom stereocenters. The number of furan rings is 1. The Hall–Kier alpha value is -3.73. The van der Waals surface area contributed by atoms with Gasteiger partial charge in [0.1, 0.15) is 17.3 Å². The average molecular weight is 594 g/mol. The minimum absolute atomic E-state index is 0.194. The van der Waals surface area contributed by atoms with Gasteiger partial charge in [0, 0.05) is 56.7 Å². The summed E-state index contributed by atoms with van der Waals surface area (Å²) in [5.41, 5.74) is 2.19. The Balaban J connectivity index is 1.18. The van der Waals surface area contributed by atoms with E-state index in [9.17, 15) is 9.59 Å². The second-order valence-corrected chi connectivity index (χ2v) is 11.4. The number of likely N-dealkylation sites (tertiary alicyclic amines) is 1. The average Bonchev–Trinajstić information content (AvgIpc) is 3.52. The lowest BCUT2D eigenvalue weighted by Crippen LogP contribution is -2.46. The van der Waals surface area contributed by atoms with Crippen LogP contribution in [0.25, 0.3) is 0 Å². The number of nitrogens with zero attached hydrogens (tertiary/aromatic N) is 5. The molecule has 1 unspecified atom stereocenters. The molecule has 11 heteroatoms. The fraction of sp³-hybridized carbons (Fsp3) is 0.484. The van der Waals surface area contributed by atoms with E-state index in [2.05, 4.69) is 34.9 Å². The van der Waals surface area contributed by atoms with E-state index >= 15 is 0 Å². The van der Waals surface area contributed by atoms with Crippen LogP contribution < -0.4 is 14.5 Å². The number of hydrogen-bond acceptors (Lipinski definition) is 10. The number of aromatic nitrogens is 2. The highest BCUT2D eigenvalue weighted by Crippen LogP contribution is 2.27. The Morgan fingerprint density at radius 2 is 1.76 bits per heavy atom. The summed E-state index contributed by atoms with van der Waals surface area (Å²) >= 11 is 1.50. The highest BCUT2D eigenvalue weighted by atomic mass is 32.2. The minimum Gasteiger partial charge on any atom is -0.497 e. The zero-order valence-corrected chi connectivity index (χ0v) is 25.4. The quantitative estimate of drug-likeness (QED) is 0.187. The zero-order valence-electron chi connectivity index (χ0n) is 24.6.